The van der Waals surface area contributed by atoms with E-state index >= 15 is 0 Å². The maximum absolute atomic E-state index is 12.2. The molecular weight excluding hydrogens is 936 g/mol. The number of hydrogen-bond donors (Lipinski definition) is 7. The maximum atomic E-state index is 12.2. The molecule has 71 heavy (non-hydrogen) atoms. The fourth-order valence-electron chi connectivity index (χ4n) is 9.44. The van der Waals surface area contributed by atoms with Crippen LogP contribution in [0.25, 0.3) is 0 Å². The second kappa shape index (κ2) is 27.5. The quantitative estimate of drug-likeness (QED) is 0.0316. The summed E-state index contributed by atoms with van der Waals surface area (Å²) >= 11 is 5.88. The fraction of sp³-hybridized carbons (Fsp3) is 0.704. The molecule has 5 aliphatic heterocycles. The number of nitrogens with one attached hydrogen (secondary N) is 2. The van der Waals surface area contributed by atoms with E-state index in [2.05, 4.69) is 30.6 Å². The standard InChI is InChI=1S/C27H42ClNO7.C27H41NO7/c1-16(2)6-11-24(30)29-21-12-18(4)22(35-19(21)5)9-7-17(3)8-10-23-26(33)27(34,15-28)14-20(36-23)13-25(31)32;1-16(2)6-11-24(29)28-21-12-18(4)22(34-19(21)5)9-7-17(3)8-10-23-26(32)27(15-33-27)14-20(35-23)13-25(30)31/h6-8,10-11,16,18-23,26,33-34H,9,12-15H2,1-5H3,(H,29,30)(H,31,32);6-8,10-11,16,18-23,26,32H,9,12-15H2,1-5H3,(H,28,29)(H,30,31)/b2*10-8+,11-6-,17-7+/t2*18-,19+,20+,21+,22-,23+,26+,27+/m00/s1. The Balaban J connectivity index is 0.000000309. The number of aliphatic hydroxyl groups is 3. The van der Waals surface area contributed by atoms with E-state index < -0.39 is 59.8 Å². The molecule has 1 spiro atoms. The van der Waals surface area contributed by atoms with Crippen molar-refractivity contribution >= 4 is 35.4 Å². The largest absolute Gasteiger partial charge is 0.481 e. The van der Waals surface area contributed by atoms with Crippen LogP contribution in [0.1, 0.15) is 121 Å². The van der Waals surface area contributed by atoms with Gasteiger partial charge in [0.05, 0.1) is 74.0 Å². The summed E-state index contributed by atoms with van der Waals surface area (Å²) in [5.41, 5.74) is -0.379. The zero-order chi connectivity index (χ0) is 52.8. The number of carbonyl (C=O) groups is 4. The van der Waals surface area contributed by atoms with E-state index in [4.69, 9.17) is 45.5 Å². The molecule has 5 saturated heterocycles. The van der Waals surface area contributed by atoms with Crippen molar-refractivity contribution in [2.24, 2.45) is 23.7 Å². The van der Waals surface area contributed by atoms with Crippen LogP contribution >= 0.6 is 11.6 Å². The van der Waals surface area contributed by atoms with Gasteiger partial charge in [-0.2, -0.15) is 0 Å². The predicted octanol–water partition coefficient (Wildman–Crippen LogP) is 6.50. The zero-order valence-corrected chi connectivity index (χ0v) is 44.1. The van der Waals surface area contributed by atoms with Crippen LogP contribution in [-0.4, -0.2) is 146 Å². The first-order valence-electron chi connectivity index (χ1n) is 25.3. The fourth-order valence-corrected chi connectivity index (χ4v) is 9.71. The molecule has 16 nitrogen and oxygen atoms in total. The van der Waals surface area contributed by atoms with Crippen molar-refractivity contribution in [2.45, 2.75) is 205 Å². The van der Waals surface area contributed by atoms with Crippen LogP contribution in [-0.2, 0) is 42.9 Å². The van der Waals surface area contributed by atoms with E-state index in [1.165, 1.54) is 0 Å². The zero-order valence-electron chi connectivity index (χ0n) is 43.4. The van der Waals surface area contributed by atoms with E-state index in [0.29, 0.717) is 31.3 Å². The second-order valence-corrected chi connectivity index (χ2v) is 21.5. The molecule has 0 aromatic heterocycles. The summed E-state index contributed by atoms with van der Waals surface area (Å²) in [5, 5.41) is 56.2. The summed E-state index contributed by atoms with van der Waals surface area (Å²) in [6, 6.07) is -0.0638. The molecule has 0 unspecified atom stereocenters. The van der Waals surface area contributed by atoms with Gasteiger partial charge in [0, 0.05) is 12.8 Å². The number of carbonyl (C=O) groups excluding carboxylic acids is 2. The van der Waals surface area contributed by atoms with Crippen molar-refractivity contribution in [3.05, 3.63) is 71.9 Å². The number of aliphatic carboxylic acids is 2. The van der Waals surface area contributed by atoms with Crippen molar-refractivity contribution in [3.63, 3.8) is 0 Å². The Morgan fingerprint density at radius 1 is 0.662 bits per heavy atom. The summed E-state index contributed by atoms with van der Waals surface area (Å²) < 4.78 is 29.5. The number of epoxide rings is 1. The van der Waals surface area contributed by atoms with Gasteiger partial charge in [0.1, 0.15) is 35.6 Å². The van der Waals surface area contributed by atoms with Crippen LogP contribution in [0.15, 0.2) is 71.9 Å². The molecule has 0 aromatic carbocycles. The lowest BCUT2D eigenvalue weighted by atomic mass is 9.84. The number of halogens is 1. The molecule has 5 rings (SSSR count). The Morgan fingerprint density at radius 3 is 1.45 bits per heavy atom. The number of carboxylic acid groups (broad SMARTS) is 2. The number of aliphatic hydroxyl groups excluding tert-OH is 2. The van der Waals surface area contributed by atoms with Crippen LogP contribution in [0.2, 0.25) is 0 Å². The Kier molecular flexibility index (Phi) is 23.2. The molecule has 400 valence electrons. The van der Waals surface area contributed by atoms with Gasteiger partial charge in [-0.05, 0) is 89.2 Å². The van der Waals surface area contributed by atoms with Gasteiger partial charge in [0.15, 0.2) is 0 Å². The lowest BCUT2D eigenvalue weighted by Crippen LogP contribution is -2.58. The molecule has 0 saturated carbocycles. The van der Waals surface area contributed by atoms with E-state index in [1.54, 1.807) is 30.4 Å². The van der Waals surface area contributed by atoms with Gasteiger partial charge in [-0.15, -0.1) is 11.6 Å². The number of hydrogen-bond acceptors (Lipinski definition) is 12. The van der Waals surface area contributed by atoms with Crippen molar-refractivity contribution in [2.75, 3.05) is 12.5 Å². The Labute approximate surface area is 426 Å². The Hall–Kier alpha value is -3.71. The van der Waals surface area contributed by atoms with Crippen molar-refractivity contribution in [1.29, 1.82) is 0 Å². The number of carboxylic acids is 2. The lowest BCUT2D eigenvalue weighted by molar-refractivity contribution is -0.197. The number of alkyl halides is 1. The number of rotatable bonds is 19. The number of amides is 2. The average molecular weight is 1020 g/mol. The predicted molar refractivity (Wildman–Crippen MR) is 271 cm³/mol. The average Bonchev–Trinajstić information content (AvgIpc) is 4.07. The molecule has 16 atom stereocenters. The van der Waals surface area contributed by atoms with Gasteiger partial charge in [0.25, 0.3) is 0 Å². The number of allylic oxidation sites excluding steroid dienone is 6. The van der Waals surface area contributed by atoms with Crippen molar-refractivity contribution < 1.29 is 68.4 Å². The SMILES string of the molecule is CC(/C=C/[C@H]1O[C@H](CC(=O)O)C[C@@](O)(CCl)[C@@H]1O)=C\C[C@@H]1O[C@H](C)[C@H](NC(=O)/C=C\C(C)C)C[C@@H]1C.CC(/C=C/[C@H]1O[C@H](CC(=O)O)C[C@@]2(CO2)[C@@H]1O)=C\C[C@@H]1O[C@H](C)[C@H](NC(=O)/C=C\C(C)C)C[C@@H]1C. The molecule has 0 radical (unpaired) electrons. The highest BCUT2D eigenvalue weighted by Gasteiger charge is 2.58. The van der Waals surface area contributed by atoms with Crippen LogP contribution in [0.4, 0.5) is 0 Å². The molecule has 0 aliphatic carbocycles. The maximum Gasteiger partial charge on any atom is 0.305 e. The second-order valence-electron chi connectivity index (χ2n) is 21.2. The van der Waals surface area contributed by atoms with Gasteiger partial charge in [-0.1, -0.05) is 101 Å². The van der Waals surface area contributed by atoms with E-state index in [-0.39, 0.29) is 85.3 Å². The molecule has 5 heterocycles. The third-order valence-electron chi connectivity index (χ3n) is 13.9. The van der Waals surface area contributed by atoms with Crippen LogP contribution in [0.5, 0.6) is 0 Å². The van der Waals surface area contributed by atoms with Gasteiger partial charge >= 0.3 is 11.9 Å². The number of ether oxygens (including phenoxy) is 5. The van der Waals surface area contributed by atoms with E-state index in [1.807, 2.05) is 79.7 Å². The van der Waals surface area contributed by atoms with Crippen LogP contribution in [0.3, 0.4) is 0 Å². The molecule has 0 aromatic rings. The molecular formula is C54H83ClN2O14. The smallest absolute Gasteiger partial charge is 0.305 e. The van der Waals surface area contributed by atoms with Crippen LogP contribution in [0, 0.1) is 23.7 Å². The van der Waals surface area contributed by atoms with Gasteiger partial charge < -0.3 is 59.9 Å². The first-order chi connectivity index (χ1) is 33.3. The monoisotopic (exact) mass is 1020 g/mol. The van der Waals surface area contributed by atoms with E-state index in [0.717, 1.165) is 30.4 Å². The lowest BCUT2D eigenvalue weighted by Gasteiger charge is -2.43. The normalized spacial score (nSPS) is 37.0. The highest BCUT2D eigenvalue weighted by atomic mass is 35.5. The van der Waals surface area contributed by atoms with Gasteiger partial charge in [0.2, 0.25) is 11.8 Å². The molecule has 17 heteroatoms. The molecule has 0 bridgehead atoms. The molecule has 7 N–H and O–H groups in total. The Morgan fingerprint density at radius 2 is 1.07 bits per heavy atom. The summed E-state index contributed by atoms with van der Waals surface area (Å²) in [5.74, 6) is -1.21. The highest BCUT2D eigenvalue weighted by Crippen LogP contribution is 2.43. The first-order valence-corrected chi connectivity index (χ1v) is 25.9. The topological polar surface area (TPSA) is 243 Å². The van der Waals surface area contributed by atoms with Crippen molar-refractivity contribution in [3.8, 4) is 0 Å². The minimum absolute atomic E-state index is 0.000478. The molecule has 2 amide bonds. The third kappa shape index (κ3) is 18.9. The highest BCUT2D eigenvalue weighted by molar-refractivity contribution is 6.18. The van der Waals surface area contributed by atoms with Gasteiger partial charge in [-0.25, -0.2) is 0 Å². The summed E-state index contributed by atoms with van der Waals surface area (Å²) in [6.45, 7) is 20.6. The minimum atomic E-state index is -1.62. The Bertz CT molecular complexity index is 1960. The van der Waals surface area contributed by atoms with Crippen molar-refractivity contribution in [1.82, 2.24) is 10.6 Å². The minimum Gasteiger partial charge on any atom is -0.481 e. The van der Waals surface area contributed by atoms with E-state index in [9.17, 15) is 34.5 Å². The summed E-state index contributed by atoms with van der Waals surface area (Å²) in [6.07, 6.45) is 16.3. The summed E-state index contributed by atoms with van der Waals surface area (Å²) in [7, 11) is 0. The molecule has 5 fully saturated rings. The van der Waals surface area contributed by atoms with Gasteiger partial charge in [-0.3, -0.25) is 19.2 Å². The third-order valence-corrected chi connectivity index (χ3v) is 14.4. The van der Waals surface area contributed by atoms with Crippen LogP contribution < -0.4 is 10.6 Å². The first kappa shape index (κ1) is 59.8. The summed E-state index contributed by atoms with van der Waals surface area (Å²) in [4.78, 5) is 46.6. The molecule has 5 aliphatic rings.